The molecule has 0 aliphatic heterocycles. The lowest BCUT2D eigenvalue weighted by molar-refractivity contribution is 0.850. The SMILES string of the molecule is Cc1nc2ccc(-c3cc(C)c(=O)n(C)c3)cn2c1Nc1ccccc1. The van der Waals surface area contributed by atoms with Crippen LogP contribution in [0, 0.1) is 13.8 Å². The van der Waals surface area contributed by atoms with Gasteiger partial charge in [-0.2, -0.15) is 0 Å². The van der Waals surface area contributed by atoms with E-state index in [-0.39, 0.29) is 5.56 Å². The van der Waals surface area contributed by atoms with Gasteiger partial charge in [-0.3, -0.25) is 9.20 Å². The van der Waals surface area contributed by atoms with Crippen molar-refractivity contribution < 1.29 is 0 Å². The van der Waals surface area contributed by atoms with Gasteiger partial charge in [-0.15, -0.1) is 0 Å². The molecule has 4 aromatic rings. The van der Waals surface area contributed by atoms with Crippen LogP contribution in [0.15, 0.2) is 65.7 Å². The molecule has 1 N–H and O–H groups in total. The van der Waals surface area contributed by atoms with Crippen LogP contribution in [0.4, 0.5) is 11.5 Å². The number of hydrogen-bond acceptors (Lipinski definition) is 3. The van der Waals surface area contributed by atoms with Gasteiger partial charge in [0.15, 0.2) is 0 Å². The number of aromatic nitrogens is 3. The van der Waals surface area contributed by atoms with Crippen molar-refractivity contribution in [2.24, 2.45) is 7.05 Å². The molecule has 0 spiro atoms. The molecule has 0 bridgehead atoms. The maximum Gasteiger partial charge on any atom is 0.253 e. The van der Waals surface area contributed by atoms with Crippen LogP contribution in [-0.4, -0.2) is 14.0 Å². The third-order valence-corrected chi connectivity index (χ3v) is 4.53. The Bertz CT molecular complexity index is 1130. The second-order valence-corrected chi connectivity index (χ2v) is 6.51. The highest BCUT2D eigenvalue weighted by atomic mass is 16.1. The monoisotopic (exact) mass is 344 g/mol. The summed E-state index contributed by atoms with van der Waals surface area (Å²) in [5, 5.41) is 3.45. The highest BCUT2D eigenvalue weighted by molar-refractivity contribution is 5.69. The summed E-state index contributed by atoms with van der Waals surface area (Å²) < 4.78 is 3.68. The lowest BCUT2D eigenvalue weighted by Crippen LogP contribution is -2.18. The van der Waals surface area contributed by atoms with Crippen molar-refractivity contribution in [1.82, 2.24) is 14.0 Å². The number of hydrogen-bond donors (Lipinski definition) is 1. The molecule has 0 unspecified atom stereocenters. The Morgan fingerprint density at radius 1 is 0.962 bits per heavy atom. The number of rotatable bonds is 3. The van der Waals surface area contributed by atoms with E-state index in [2.05, 4.69) is 20.9 Å². The van der Waals surface area contributed by atoms with Crippen LogP contribution >= 0.6 is 0 Å². The van der Waals surface area contributed by atoms with Crippen molar-refractivity contribution in [3.05, 3.63) is 82.5 Å². The molecular formula is C21H20N4O. The molecular weight excluding hydrogens is 324 g/mol. The number of nitrogens with one attached hydrogen (secondary N) is 1. The first-order valence-corrected chi connectivity index (χ1v) is 8.51. The molecule has 5 nitrogen and oxygen atoms in total. The second kappa shape index (κ2) is 6.19. The quantitative estimate of drug-likeness (QED) is 0.610. The second-order valence-electron chi connectivity index (χ2n) is 6.51. The third kappa shape index (κ3) is 2.77. The summed E-state index contributed by atoms with van der Waals surface area (Å²) in [6.45, 7) is 3.84. The van der Waals surface area contributed by atoms with Crippen LogP contribution in [0.5, 0.6) is 0 Å². The first kappa shape index (κ1) is 16.1. The molecule has 1 aromatic carbocycles. The molecule has 0 saturated heterocycles. The maximum atomic E-state index is 12.0. The summed E-state index contributed by atoms with van der Waals surface area (Å²) >= 11 is 0. The van der Waals surface area contributed by atoms with Gasteiger partial charge >= 0.3 is 0 Å². The molecule has 0 aliphatic carbocycles. The van der Waals surface area contributed by atoms with Crippen LogP contribution in [0.3, 0.4) is 0 Å². The maximum absolute atomic E-state index is 12.0. The Kier molecular flexibility index (Phi) is 3.84. The average Bonchev–Trinajstić information content (AvgIpc) is 2.95. The summed E-state index contributed by atoms with van der Waals surface area (Å²) in [4.78, 5) is 16.6. The van der Waals surface area contributed by atoms with Crippen LogP contribution < -0.4 is 10.9 Å². The Morgan fingerprint density at radius 2 is 1.73 bits per heavy atom. The lowest BCUT2D eigenvalue weighted by Gasteiger charge is -2.10. The van der Waals surface area contributed by atoms with Gasteiger partial charge in [0.2, 0.25) is 0 Å². The number of pyridine rings is 2. The smallest absolute Gasteiger partial charge is 0.253 e. The van der Waals surface area contributed by atoms with Gasteiger partial charge in [0.1, 0.15) is 11.5 Å². The molecule has 0 atom stereocenters. The highest BCUT2D eigenvalue weighted by Crippen LogP contribution is 2.26. The van der Waals surface area contributed by atoms with E-state index in [1.807, 2.05) is 68.6 Å². The van der Waals surface area contributed by atoms with Gasteiger partial charge in [-0.1, -0.05) is 18.2 Å². The first-order valence-electron chi connectivity index (χ1n) is 8.51. The van der Waals surface area contributed by atoms with Gasteiger partial charge in [0.05, 0.1) is 5.69 Å². The van der Waals surface area contributed by atoms with Crippen molar-refractivity contribution in [2.75, 3.05) is 5.32 Å². The number of benzene rings is 1. The number of imidazole rings is 1. The number of nitrogens with zero attached hydrogens (tertiary/aromatic N) is 3. The van der Waals surface area contributed by atoms with Gasteiger partial charge < -0.3 is 9.88 Å². The number of para-hydroxylation sites is 1. The number of anilines is 2. The molecule has 3 heterocycles. The predicted molar refractivity (Wildman–Crippen MR) is 105 cm³/mol. The third-order valence-electron chi connectivity index (χ3n) is 4.53. The van der Waals surface area contributed by atoms with E-state index >= 15 is 0 Å². The molecule has 0 fully saturated rings. The van der Waals surface area contributed by atoms with Crippen LogP contribution in [0.2, 0.25) is 0 Å². The minimum Gasteiger partial charge on any atom is -0.340 e. The van der Waals surface area contributed by atoms with Gasteiger partial charge in [0, 0.05) is 36.3 Å². The van der Waals surface area contributed by atoms with E-state index in [1.165, 1.54) is 0 Å². The van der Waals surface area contributed by atoms with Crippen molar-refractivity contribution in [3.63, 3.8) is 0 Å². The van der Waals surface area contributed by atoms with Gasteiger partial charge in [-0.25, -0.2) is 4.98 Å². The zero-order chi connectivity index (χ0) is 18.3. The minimum absolute atomic E-state index is 0.0275. The van der Waals surface area contributed by atoms with Gasteiger partial charge in [-0.05, 0) is 49.7 Å². The molecule has 4 rings (SSSR count). The zero-order valence-electron chi connectivity index (χ0n) is 15.0. The number of aryl methyl sites for hydroxylation is 3. The average molecular weight is 344 g/mol. The normalized spacial score (nSPS) is 11.0. The summed E-state index contributed by atoms with van der Waals surface area (Å²) in [7, 11) is 1.78. The van der Waals surface area contributed by atoms with E-state index in [1.54, 1.807) is 11.6 Å². The molecule has 0 radical (unpaired) electrons. The Hall–Kier alpha value is -3.34. The van der Waals surface area contributed by atoms with Crippen molar-refractivity contribution in [1.29, 1.82) is 0 Å². The molecule has 26 heavy (non-hydrogen) atoms. The Morgan fingerprint density at radius 3 is 2.46 bits per heavy atom. The molecule has 0 amide bonds. The van der Waals surface area contributed by atoms with Crippen LogP contribution in [-0.2, 0) is 7.05 Å². The summed E-state index contributed by atoms with van der Waals surface area (Å²) in [5.74, 6) is 0.939. The van der Waals surface area contributed by atoms with E-state index in [9.17, 15) is 4.79 Å². The molecule has 130 valence electrons. The largest absolute Gasteiger partial charge is 0.340 e. The number of fused-ring (bicyclic) bond motifs is 1. The van der Waals surface area contributed by atoms with E-state index in [0.717, 1.165) is 39.5 Å². The standard InChI is InChI=1S/C21H20N4O/c1-14-11-17(12-24(3)21(14)26)16-9-10-19-22-15(2)20(25(19)13-16)23-18-7-5-4-6-8-18/h4-13,23H,1-3H3. The van der Waals surface area contributed by atoms with Crippen LogP contribution in [0.25, 0.3) is 16.8 Å². The fraction of sp³-hybridized carbons (Fsp3) is 0.143. The minimum atomic E-state index is 0.0275. The first-order chi connectivity index (χ1) is 12.5. The molecule has 3 aromatic heterocycles. The lowest BCUT2D eigenvalue weighted by atomic mass is 10.1. The topological polar surface area (TPSA) is 51.3 Å². The van der Waals surface area contributed by atoms with E-state index in [4.69, 9.17) is 0 Å². The van der Waals surface area contributed by atoms with Crippen LogP contribution in [0.1, 0.15) is 11.3 Å². The molecule has 0 aliphatic rings. The van der Waals surface area contributed by atoms with Crippen molar-refractivity contribution >= 4 is 17.2 Å². The fourth-order valence-electron chi connectivity index (χ4n) is 3.18. The van der Waals surface area contributed by atoms with E-state index < -0.39 is 0 Å². The molecule has 0 saturated carbocycles. The molecule has 5 heteroatoms. The predicted octanol–water partition coefficient (Wildman–Crippen LogP) is 4.06. The Labute approximate surface area is 151 Å². The summed E-state index contributed by atoms with van der Waals surface area (Å²) in [6, 6.07) is 16.0. The summed E-state index contributed by atoms with van der Waals surface area (Å²) in [6.07, 6.45) is 3.92. The fourth-order valence-corrected chi connectivity index (χ4v) is 3.18. The van der Waals surface area contributed by atoms with Crippen molar-refractivity contribution in [2.45, 2.75) is 13.8 Å². The highest BCUT2D eigenvalue weighted by Gasteiger charge is 2.11. The van der Waals surface area contributed by atoms with E-state index in [0.29, 0.717) is 0 Å². The summed E-state index contributed by atoms with van der Waals surface area (Å²) in [5.41, 5.74) is 5.62. The Balaban J connectivity index is 1.84. The van der Waals surface area contributed by atoms with Gasteiger partial charge in [0.25, 0.3) is 5.56 Å². The van der Waals surface area contributed by atoms with Crippen molar-refractivity contribution in [3.8, 4) is 11.1 Å². The zero-order valence-corrected chi connectivity index (χ0v) is 15.0.